The molecular formula is C14H24N4O2S. The summed E-state index contributed by atoms with van der Waals surface area (Å²) in [6.07, 6.45) is 4.76. The Bertz CT molecular complexity index is 560. The zero-order valence-electron chi connectivity index (χ0n) is 12.7. The van der Waals surface area contributed by atoms with Crippen LogP contribution in [0.3, 0.4) is 0 Å². The van der Waals surface area contributed by atoms with Crippen molar-refractivity contribution < 1.29 is 8.42 Å². The van der Waals surface area contributed by atoms with E-state index < -0.39 is 9.84 Å². The number of nitrogens with one attached hydrogen (secondary N) is 2. The molecule has 2 N–H and O–H groups in total. The van der Waals surface area contributed by atoms with E-state index in [2.05, 4.69) is 27.5 Å². The first-order chi connectivity index (χ1) is 10.1. The van der Waals surface area contributed by atoms with E-state index in [4.69, 9.17) is 0 Å². The molecular weight excluding hydrogens is 288 g/mol. The summed E-state index contributed by atoms with van der Waals surface area (Å²) in [5.74, 6) is 2.24. The highest BCUT2D eigenvalue weighted by Crippen LogP contribution is 2.24. The molecule has 0 saturated carbocycles. The van der Waals surface area contributed by atoms with Gasteiger partial charge in [0.25, 0.3) is 0 Å². The van der Waals surface area contributed by atoms with Crippen molar-refractivity contribution in [2.75, 3.05) is 28.7 Å². The smallest absolute Gasteiger partial charge is 0.150 e. The minimum absolute atomic E-state index is 0.175. The van der Waals surface area contributed by atoms with E-state index in [0.717, 1.165) is 36.6 Å². The number of hydrogen-bond acceptors (Lipinski definition) is 6. The molecule has 0 unspecified atom stereocenters. The molecule has 0 bridgehead atoms. The lowest BCUT2D eigenvalue weighted by Crippen LogP contribution is -2.32. The molecule has 2 heterocycles. The van der Waals surface area contributed by atoms with Crippen LogP contribution in [0.25, 0.3) is 0 Å². The Kier molecular flexibility index (Phi) is 5.39. The lowest BCUT2D eigenvalue weighted by Gasteiger charge is -2.25. The zero-order chi connectivity index (χ0) is 15.3. The summed E-state index contributed by atoms with van der Waals surface area (Å²) in [7, 11) is -2.83. The van der Waals surface area contributed by atoms with Crippen LogP contribution in [0.5, 0.6) is 0 Å². The van der Waals surface area contributed by atoms with E-state index in [1.807, 2.05) is 6.92 Å². The summed E-state index contributed by atoms with van der Waals surface area (Å²) in [6, 6.07) is 0.175. The molecule has 7 heteroatoms. The number of aromatic nitrogens is 2. The molecule has 0 aliphatic carbocycles. The molecule has 6 nitrogen and oxygen atoms in total. The van der Waals surface area contributed by atoms with Crippen LogP contribution in [0.4, 0.5) is 11.6 Å². The van der Waals surface area contributed by atoms with E-state index >= 15 is 0 Å². The van der Waals surface area contributed by atoms with Gasteiger partial charge < -0.3 is 10.6 Å². The van der Waals surface area contributed by atoms with Crippen molar-refractivity contribution in [3.63, 3.8) is 0 Å². The largest absolute Gasteiger partial charge is 0.370 e. The maximum Gasteiger partial charge on any atom is 0.150 e. The average Bonchev–Trinajstić information content (AvgIpc) is 2.45. The first-order valence-corrected chi connectivity index (χ1v) is 9.42. The van der Waals surface area contributed by atoms with E-state index in [1.54, 1.807) is 6.33 Å². The molecule has 1 saturated heterocycles. The van der Waals surface area contributed by atoms with Crippen LogP contribution in [0.1, 0.15) is 38.7 Å². The Labute approximate surface area is 126 Å². The van der Waals surface area contributed by atoms with Gasteiger partial charge >= 0.3 is 0 Å². The van der Waals surface area contributed by atoms with Crippen LogP contribution in [0.15, 0.2) is 6.33 Å². The normalized spacial score (nSPS) is 18.4. The van der Waals surface area contributed by atoms with Gasteiger partial charge in [-0.2, -0.15) is 0 Å². The van der Waals surface area contributed by atoms with Gasteiger partial charge in [-0.05, 0) is 26.2 Å². The second-order valence-corrected chi connectivity index (χ2v) is 7.70. The van der Waals surface area contributed by atoms with Crippen molar-refractivity contribution in [1.29, 1.82) is 0 Å². The standard InChI is InChI=1S/C14H24N4O2S/c1-3-5-12-13(15-4-2)16-10-17-14(12)18-11-6-8-21(19,20)9-7-11/h10-11H,3-9H2,1-2H3,(H2,15,16,17,18). The van der Waals surface area contributed by atoms with Gasteiger partial charge in [0.1, 0.15) is 27.8 Å². The van der Waals surface area contributed by atoms with Gasteiger partial charge in [-0.1, -0.05) is 13.3 Å². The lowest BCUT2D eigenvalue weighted by molar-refractivity contribution is 0.558. The van der Waals surface area contributed by atoms with E-state index in [9.17, 15) is 8.42 Å². The molecule has 1 aliphatic rings. The molecule has 1 fully saturated rings. The molecule has 1 aliphatic heterocycles. The van der Waals surface area contributed by atoms with Crippen LogP contribution in [0, 0.1) is 0 Å². The third-order valence-electron chi connectivity index (χ3n) is 3.69. The molecule has 1 aromatic heterocycles. The summed E-state index contributed by atoms with van der Waals surface area (Å²) in [4.78, 5) is 8.66. The minimum atomic E-state index is -2.83. The van der Waals surface area contributed by atoms with E-state index in [1.165, 1.54) is 0 Å². The topological polar surface area (TPSA) is 84.0 Å². The third-order valence-corrected chi connectivity index (χ3v) is 5.40. The van der Waals surface area contributed by atoms with Crippen LogP contribution in [-0.2, 0) is 16.3 Å². The maximum absolute atomic E-state index is 11.5. The Morgan fingerprint density at radius 2 is 1.86 bits per heavy atom. The molecule has 0 atom stereocenters. The third kappa shape index (κ3) is 4.30. The second kappa shape index (κ2) is 7.06. The Morgan fingerprint density at radius 3 is 2.48 bits per heavy atom. The Balaban J connectivity index is 2.13. The van der Waals surface area contributed by atoms with Crippen LogP contribution < -0.4 is 10.6 Å². The summed E-state index contributed by atoms with van der Waals surface area (Å²) in [6.45, 7) is 4.98. The Hall–Kier alpha value is -1.37. The van der Waals surface area contributed by atoms with Crippen molar-refractivity contribution in [2.45, 2.75) is 45.6 Å². The highest BCUT2D eigenvalue weighted by atomic mass is 32.2. The lowest BCUT2D eigenvalue weighted by atomic mass is 10.1. The number of hydrogen-bond donors (Lipinski definition) is 2. The number of sulfone groups is 1. The number of anilines is 2. The van der Waals surface area contributed by atoms with Crippen molar-refractivity contribution >= 4 is 21.5 Å². The van der Waals surface area contributed by atoms with Crippen molar-refractivity contribution in [2.24, 2.45) is 0 Å². The predicted octanol–water partition coefficient (Wildman–Crippen LogP) is 1.85. The highest BCUT2D eigenvalue weighted by Gasteiger charge is 2.24. The fourth-order valence-electron chi connectivity index (χ4n) is 2.57. The van der Waals surface area contributed by atoms with Crippen LogP contribution >= 0.6 is 0 Å². The van der Waals surface area contributed by atoms with Gasteiger partial charge in [0.05, 0.1) is 11.5 Å². The molecule has 0 aromatic carbocycles. The van der Waals surface area contributed by atoms with Crippen molar-refractivity contribution in [1.82, 2.24) is 9.97 Å². The quantitative estimate of drug-likeness (QED) is 0.834. The number of nitrogens with zero attached hydrogens (tertiary/aromatic N) is 2. The second-order valence-electron chi connectivity index (χ2n) is 5.40. The molecule has 118 valence electrons. The summed E-state index contributed by atoms with van der Waals surface area (Å²) in [5.41, 5.74) is 1.09. The molecule has 1 aromatic rings. The van der Waals surface area contributed by atoms with Crippen LogP contribution in [-0.4, -0.2) is 42.5 Å². The van der Waals surface area contributed by atoms with Crippen LogP contribution in [0.2, 0.25) is 0 Å². The van der Waals surface area contributed by atoms with Gasteiger partial charge in [-0.15, -0.1) is 0 Å². The van der Waals surface area contributed by atoms with Gasteiger partial charge in [-0.3, -0.25) is 0 Å². The summed E-state index contributed by atoms with van der Waals surface area (Å²) < 4.78 is 23.0. The van der Waals surface area contributed by atoms with Gasteiger partial charge in [-0.25, -0.2) is 18.4 Å². The van der Waals surface area contributed by atoms with Crippen molar-refractivity contribution in [3.05, 3.63) is 11.9 Å². The number of rotatable bonds is 6. The van der Waals surface area contributed by atoms with Gasteiger partial charge in [0.15, 0.2) is 0 Å². The molecule has 2 rings (SSSR count). The predicted molar refractivity (Wildman–Crippen MR) is 85.5 cm³/mol. The SMILES string of the molecule is CCCc1c(NCC)ncnc1NC1CCS(=O)(=O)CC1. The van der Waals surface area contributed by atoms with Gasteiger partial charge in [0.2, 0.25) is 0 Å². The van der Waals surface area contributed by atoms with Gasteiger partial charge in [0, 0.05) is 18.2 Å². The average molecular weight is 312 g/mol. The van der Waals surface area contributed by atoms with E-state index in [-0.39, 0.29) is 17.5 Å². The summed E-state index contributed by atoms with van der Waals surface area (Å²) >= 11 is 0. The highest BCUT2D eigenvalue weighted by molar-refractivity contribution is 7.91. The summed E-state index contributed by atoms with van der Waals surface area (Å²) in [5, 5.41) is 6.68. The Morgan fingerprint density at radius 1 is 1.19 bits per heavy atom. The van der Waals surface area contributed by atoms with E-state index in [0.29, 0.717) is 12.8 Å². The molecule has 0 amide bonds. The first-order valence-electron chi connectivity index (χ1n) is 7.60. The van der Waals surface area contributed by atoms with Crippen molar-refractivity contribution in [3.8, 4) is 0 Å². The minimum Gasteiger partial charge on any atom is -0.370 e. The monoisotopic (exact) mass is 312 g/mol. The maximum atomic E-state index is 11.5. The first kappa shape index (κ1) is 16.0. The molecule has 0 spiro atoms. The molecule has 21 heavy (non-hydrogen) atoms. The zero-order valence-corrected chi connectivity index (χ0v) is 13.5. The molecule has 0 radical (unpaired) electrons. The fourth-order valence-corrected chi connectivity index (χ4v) is 4.06. The fraction of sp³-hybridized carbons (Fsp3) is 0.714.